The molecule has 36 heavy (non-hydrogen) atoms. The minimum atomic E-state index is -0.805. The molecule has 0 amide bonds. The van der Waals surface area contributed by atoms with Crippen LogP contribution in [0.3, 0.4) is 0 Å². The molecule has 1 atom stereocenters. The monoisotopic (exact) mass is 528 g/mol. The van der Waals surface area contributed by atoms with Gasteiger partial charge in [-0.25, -0.2) is 9.79 Å². The van der Waals surface area contributed by atoms with E-state index in [0.29, 0.717) is 49.3 Å². The summed E-state index contributed by atoms with van der Waals surface area (Å²) in [6.07, 6.45) is 1.56. The quantitative estimate of drug-likeness (QED) is 0.471. The Hall–Kier alpha value is -3.56. The van der Waals surface area contributed by atoms with Gasteiger partial charge in [-0.1, -0.05) is 29.0 Å². The van der Waals surface area contributed by atoms with Crippen molar-refractivity contribution in [1.29, 1.82) is 0 Å². The maximum absolute atomic E-state index is 13.7. The lowest BCUT2D eigenvalue weighted by molar-refractivity contribution is -0.139. The number of aromatic nitrogens is 1. The molecule has 0 radical (unpaired) electrons. The van der Waals surface area contributed by atoms with Crippen molar-refractivity contribution in [2.75, 3.05) is 20.3 Å². The number of aromatic hydroxyl groups is 1. The van der Waals surface area contributed by atoms with E-state index in [1.165, 1.54) is 10.6 Å². The number of esters is 1. The number of fused-ring (bicyclic) bond motifs is 1. The van der Waals surface area contributed by atoms with Gasteiger partial charge in [0.1, 0.15) is 5.75 Å². The van der Waals surface area contributed by atoms with Crippen LogP contribution in [0.5, 0.6) is 17.2 Å². The Labute approximate surface area is 216 Å². The number of carbonyl (C=O) groups is 1. The Bertz CT molecular complexity index is 1540. The van der Waals surface area contributed by atoms with Gasteiger partial charge in [0.15, 0.2) is 16.3 Å². The van der Waals surface area contributed by atoms with Crippen LogP contribution in [0.2, 0.25) is 5.02 Å². The van der Waals surface area contributed by atoms with Crippen molar-refractivity contribution in [1.82, 2.24) is 4.57 Å². The zero-order valence-electron chi connectivity index (χ0n) is 20.2. The highest BCUT2D eigenvalue weighted by molar-refractivity contribution is 7.07. The second-order valence-corrected chi connectivity index (χ2v) is 9.29. The molecule has 1 aliphatic rings. The first-order chi connectivity index (χ1) is 17.3. The first kappa shape index (κ1) is 25.5. The third-order valence-corrected chi connectivity index (χ3v) is 6.81. The molecule has 0 saturated carbocycles. The van der Waals surface area contributed by atoms with Crippen LogP contribution in [0, 0.1) is 0 Å². The van der Waals surface area contributed by atoms with Gasteiger partial charge in [0.2, 0.25) is 0 Å². The molecule has 0 fully saturated rings. The lowest BCUT2D eigenvalue weighted by Gasteiger charge is -2.25. The molecule has 1 N–H and O–H groups in total. The lowest BCUT2D eigenvalue weighted by atomic mass is 9.95. The summed E-state index contributed by atoms with van der Waals surface area (Å²) >= 11 is 7.24. The minimum absolute atomic E-state index is 0.0123. The predicted octanol–water partition coefficient (Wildman–Crippen LogP) is 3.56. The fourth-order valence-electron chi connectivity index (χ4n) is 4.02. The smallest absolute Gasteiger partial charge is 0.338 e. The Morgan fingerprint density at radius 2 is 1.97 bits per heavy atom. The Morgan fingerprint density at radius 3 is 2.67 bits per heavy atom. The molecule has 1 aliphatic heterocycles. The number of allylic oxidation sites excluding steroid dienone is 1. The number of benzene rings is 2. The van der Waals surface area contributed by atoms with Crippen LogP contribution in [0.15, 0.2) is 57.5 Å². The predicted molar refractivity (Wildman–Crippen MR) is 138 cm³/mol. The largest absolute Gasteiger partial charge is 0.507 e. The number of hydrogen-bond donors (Lipinski definition) is 1. The Balaban J connectivity index is 1.98. The van der Waals surface area contributed by atoms with E-state index in [-0.39, 0.29) is 23.5 Å². The van der Waals surface area contributed by atoms with Gasteiger partial charge >= 0.3 is 5.97 Å². The summed E-state index contributed by atoms with van der Waals surface area (Å²) in [5, 5.41) is 10.7. The van der Waals surface area contributed by atoms with Crippen molar-refractivity contribution in [2.45, 2.75) is 26.8 Å². The summed E-state index contributed by atoms with van der Waals surface area (Å²) in [5.74, 6) is 0.449. The van der Waals surface area contributed by atoms with Gasteiger partial charge in [0, 0.05) is 10.6 Å². The first-order valence-electron chi connectivity index (χ1n) is 11.3. The summed E-state index contributed by atoms with van der Waals surface area (Å²) in [5.41, 5.74) is 1.37. The standard InChI is InChI=1S/C26H25ClN2O6S/c1-5-34-20-12-15(7-10-19(20)33-4)23-22(25(32)35-6-2)14(3)28-26-29(23)24(31)21(36-26)13-16-11-17(27)8-9-18(16)30/h7-13,23,30H,5-6H2,1-4H3/b21-13-/t23-/m1/s1. The number of thiazole rings is 1. The van der Waals surface area contributed by atoms with E-state index in [0.717, 1.165) is 11.3 Å². The van der Waals surface area contributed by atoms with E-state index < -0.39 is 12.0 Å². The number of phenolic OH excluding ortho intramolecular Hbond substituents is 1. The number of halogens is 1. The Kier molecular flexibility index (Phi) is 7.51. The van der Waals surface area contributed by atoms with Crippen LogP contribution in [-0.4, -0.2) is 36.0 Å². The van der Waals surface area contributed by atoms with Gasteiger partial charge in [-0.05, 0) is 62.7 Å². The summed E-state index contributed by atoms with van der Waals surface area (Å²) in [7, 11) is 1.54. The van der Waals surface area contributed by atoms with Crippen molar-refractivity contribution in [3.05, 3.63) is 83.5 Å². The summed E-state index contributed by atoms with van der Waals surface area (Å²) in [4.78, 5) is 31.7. The van der Waals surface area contributed by atoms with Gasteiger partial charge in [-0.3, -0.25) is 9.36 Å². The molecule has 0 unspecified atom stereocenters. The number of hydrogen-bond acceptors (Lipinski definition) is 8. The highest BCUT2D eigenvalue weighted by Gasteiger charge is 2.34. The van der Waals surface area contributed by atoms with Crippen molar-refractivity contribution in [2.24, 2.45) is 4.99 Å². The van der Waals surface area contributed by atoms with E-state index in [9.17, 15) is 14.7 Å². The molecule has 2 heterocycles. The number of methoxy groups -OCH3 is 1. The molecule has 0 spiro atoms. The van der Waals surface area contributed by atoms with Crippen molar-refractivity contribution in [3.63, 3.8) is 0 Å². The first-order valence-corrected chi connectivity index (χ1v) is 12.5. The van der Waals surface area contributed by atoms with E-state index in [4.69, 9.17) is 25.8 Å². The zero-order chi connectivity index (χ0) is 26.0. The number of carbonyl (C=O) groups excluding carboxylic acids is 1. The van der Waals surface area contributed by atoms with Gasteiger partial charge < -0.3 is 19.3 Å². The maximum Gasteiger partial charge on any atom is 0.338 e. The van der Waals surface area contributed by atoms with Gasteiger partial charge in [0.05, 0.1) is 42.2 Å². The average Bonchev–Trinajstić information content (AvgIpc) is 3.15. The summed E-state index contributed by atoms with van der Waals surface area (Å²) < 4.78 is 18.3. The molecule has 0 saturated heterocycles. The highest BCUT2D eigenvalue weighted by atomic mass is 35.5. The van der Waals surface area contributed by atoms with Crippen LogP contribution in [0.25, 0.3) is 6.08 Å². The van der Waals surface area contributed by atoms with Gasteiger partial charge in [-0.15, -0.1) is 0 Å². The molecule has 1 aromatic heterocycles. The van der Waals surface area contributed by atoms with Crippen LogP contribution < -0.4 is 24.4 Å². The van der Waals surface area contributed by atoms with E-state index in [2.05, 4.69) is 4.99 Å². The van der Waals surface area contributed by atoms with Gasteiger partial charge in [-0.2, -0.15) is 0 Å². The Morgan fingerprint density at radius 1 is 1.19 bits per heavy atom. The van der Waals surface area contributed by atoms with Crippen molar-refractivity contribution in [3.8, 4) is 17.2 Å². The molecule has 2 aromatic carbocycles. The molecule has 10 heteroatoms. The third-order valence-electron chi connectivity index (χ3n) is 5.60. The maximum atomic E-state index is 13.7. The SMILES string of the molecule is CCOC(=O)C1=C(C)N=c2s/c(=C\c3cc(Cl)ccc3O)c(=O)n2[C@@H]1c1ccc(OC)c(OCC)c1. The zero-order valence-corrected chi connectivity index (χ0v) is 21.8. The van der Waals surface area contributed by atoms with Crippen LogP contribution in [0.1, 0.15) is 37.9 Å². The lowest BCUT2D eigenvalue weighted by Crippen LogP contribution is -2.40. The van der Waals surface area contributed by atoms with Crippen LogP contribution in [-0.2, 0) is 9.53 Å². The van der Waals surface area contributed by atoms with Crippen molar-refractivity contribution < 1.29 is 24.1 Å². The molecule has 0 bridgehead atoms. The second-order valence-electron chi connectivity index (χ2n) is 7.85. The fourth-order valence-corrected chi connectivity index (χ4v) is 5.24. The minimum Gasteiger partial charge on any atom is -0.507 e. The van der Waals surface area contributed by atoms with Crippen molar-refractivity contribution >= 4 is 35.0 Å². The highest BCUT2D eigenvalue weighted by Crippen LogP contribution is 2.36. The normalized spacial score (nSPS) is 15.4. The number of ether oxygens (including phenoxy) is 3. The summed E-state index contributed by atoms with van der Waals surface area (Å²) in [6.45, 7) is 5.87. The van der Waals surface area contributed by atoms with Crippen LogP contribution in [0.4, 0.5) is 0 Å². The number of phenols is 1. The molecular formula is C26H25ClN2O6S. The fraction of sp³-hybridized carbons (Fsp3) is 0.269. The third kappa shape index (κ3) is 4.76. The average molecular weight is 529 g/mol. The molecule has 0 aliphatic carbocycles. The van der Waals surface area contributed by atoms with Gasteiger partial charge in [0.25, 0.3) is 5.56 Å². The molecule has 8 nitrogen and oxygen atoms in total. The molecule has 188 valence electrons. The molecular weight excluding hydrogens is 504 g/mol. The number of nitrogens with zero attached hydrogens (tertiary/aromatic N) is 2. The topological polar surface area (TPSA) is 99.4 Å². The molecule has 3 aromatic rings. The van der Waals surface area contributed by atoms with E-state index >= 15 is 0 Å². The molecule has 4 rings (SSSR count). The van der Waals surface area contributed by atoms with E-state index in [1.807, 2.05) is 6.92 Å². The van der Waals surface area contributed by atoms with Crippen LogP contribution >= 0.6 is 22.9 Å². The second kappa shape index (κ2) is 10.6. The summed E-state index contributed by atoms with van der Waals surface area (Å²) in [6, 6.07) is 9.06. The number of rotatable bonds is 7. The van der Waals surface area contributed by atoms with E-state index in [1.54, 1.807) is 57.4 Å².